The number of nitrogens with two attached hydrogens (primary N) is 2. The summed E-state index contributed by atoms with van der Waals surface area (Å²) < 4.78 is 73.2. The van der Waals surface area contributed by atoms with Gasteiger partial charge < -0.3 is 35.2 Å². The van der Waals surface area contributed by atoms with Gasteiger partial charge in [0.2, 0.25) is 11.8 Å². The molecule has 5 aliphatic heterocycles. The highest BCUT2D eigenvalue weighted by Gasteiger charge is 2.38. The predicted octanol–water partition coefficient (Wildman–Crippen LogP) is 25.9. The van der Waals surface area contributed by atoms with E-state index in [1.165, 1.54) is 11.6 Å². The van der Waals surface area contributed by atoms with Gasteiger partial charge in [-0.15, -0.1) is 0 Å². The summed E-state index contributed by atoms with van der Waals surface area (Å²) in [5, 5.41) is 58.4. The predicted molar refractivity (Wildman–Crippen MR) is 479 cm³/mol. The molecule has 600 valence electrons. The van der Waals surface area contributed by atoms with Crippen molar-refractivity contribution in [2.75, 3.05) is 0 Å². The van der Waals surface area contributed by atoms with Gasteiger partial charge in [-0.3, -0.25) is 4.98 Å². The Hall–Kier alpha value is -15.5. The summed E-state index contributed by atoms with van der Waals surface area (Å²) >= 11 is 3.64. The van der Waals surface area contributed by atoms with Gasteiger partial charge in [0, 0.05) is 82.7 Å². The molecule has 0 fully saturated rings. The van der Waals surface area contributed by atoms with Crippen LogP contribution in [0.25, 0.3) is 53.9 Å². The molecule has 1 aromatic heterocycles. The summed E-state index contributed by atoms with van der Waals surface area (Å²) in [6, 6.07) is 101. The SMILES string of the molecule is C.CC1=C(C#N)C(c2ccc(C(C)C)cc2)c2ccc3ccccc3c2O1.CC1=C(C#N)C(c2ccccc2Br)c2ccc3ccccc3c2O1.CC1=C(C#N)C(c2ccncc2)c2ccc3ccccc3c2O1.N#CC1=C(N)Oc2c(ccc3ccccc23)C1c1cc(F)ccc1F.N#CC1=C(N)Oc2c(ccc3ccccc23)C1c1ccccc1F. The first-order chi connectivity index (χ1) is 59.4. The van der Waals surface area contributed by atoms with Gasteiger partial charge in [0.25, 0.3) is 0 Å². The monoisotopic (exact) mass is 1680 g/mol. The van der Waals surface area contributed by atoms with Crippen LogP contribution >= 0.6 is 15.9 Å². The smallest absolute Gasteiger partial charge is 0.205 e. The Morgan fingerprint density at radius 1 is 0.325 bits per heavy atom. The molecule has 0 radical (unpaired) electrons. The van der Waals surface area contributed by atoms with E-state index in [1.54, 1.807) is 36.7 Å². The molecule has 5 unspecified atom stereocenters. The lowest BCUT2D eigenvalue weighted by Gasteiger charge is -2.28. The topological polar surface area (TPSA) is 230 Å². The molecule has 5 atom stereocenters. The lowest BCUT2D eigenvalue weighted by molar-refractivity contribution is 0.397. The van der Waals surface area contributed by atoms with E-state index in [4.69, 9.17) is 35.2 Å². The van der Waals surface area contributed by atoms with E-state index in [2.05, 4.69) is 162 Å². The minimum absolute atomic E-state index is 0. The minimum Gasteiger partial charge on any atom is -0.460 e. The van der Waals surface area contributed by atoms with Gasteiger partial charge >= 0.3 is 0 Å². The summed E-state index contributed by atoms with van der Waals surface area (Å²) in [5.74, 6) is 2.76. The Bertz CT molecular complexity index is 6980. The number of halogens is 4. The normalized spacial score (nSPS) is 16.3. The fraction of sp³-hybridized carbons (Fsp3) is 0.113. The van der Waals surface area contributed by atoms with Crippen molar-refractivity contribution in [2.45, 2.75) is 77.6 Å². The second-order valence-electron chi connectivity index (χ2n) is 30.0. The molecule has 0 saturated carbocycles. The largest absolute Gasteiger partial charge is 0.460 e. The van der Waals surface area contributed by atoms with Crippen LogP contribution in [0.15, 0.2) is 359 Å². The van der Waals surface area contributed by atoms with Crippen molar-refractivity contribution < 1.29 is 36.9 Å². The number of hydrogen-bond donors (Lipinski definition) is 2. The summed E-state index contributed by atoms with van der Waals surface area (Å²) in [6.07, 6.45) is 3.52. The fourth-order valence-corrected chi connectivity index (χ4v) is 17.3. The fourth-order valence-electron chi connectivity index (χ4n) is 16.7. The maximum absolute atomic E-state index is 14.4. The van der Waals surface area contributed by atoms with Gasteiger partial charge in [-0.25, -0.2) is 13.2 Å². The van der Waals surface area contributed by atoms with Crippen molar-refractivity contribution >= 4 is 69.8 Å². The third-order valence-electron chi connectivity index (χ3n) is 22.7. The standard InChI is InChI=1S/C24H21NO.C21H14BrNO.C20H12F2N2O.C20H13FN2O.C20H14N2O.CH4/c1-15(2)17-8-10-19(11-9-17)23-21-13-12-18-6-4-5-7-20(18)24(21)26-16(3)22(23)14-25;1-13-18(12-23)20(16-8-4-5-9-19(16)22)17-11-10-14-6-2-3-7-15(14)21(17)24-13;21-12-6-8-17(22)15(9-12)18-14-7-5-11-3-1-2-4-13(11)19(14)25-20(24)16(18)10-23;21-17-8-4-3-7-14(17)18-15-10-9-12-5-1-2-6-13(12)19(15)24-20(23)16(18)11-22;1-13-18(12-21)19(15-8-10-22-11-9-15)17-7-6-14-4-2-3-5-16(14)20(17)23-13;/h4-13,15,23H,1-3H3;2-11,20H,1H3;1-9,18H,24H2;1-10,18H,23H2;2-11,19H,1H3;1H4. The number of pyridine rings is 1. The van der Waals surface area contributed by atoms with Crippen LogP contribution in [-0.2, 0) is 0 Å². The first-order valence-corrected chi connectivity index (χ1v) is 40.2. The van der Waals surface area contributed by atoms with Crippen LogP contribution in [0.1, 0.15) is 139 Å². The van der Waals surface area contributed by atoms with Crippen LogP contribution in [0.2, 0.25) is 0 Å². The maximum atomic E-state index is 14.4. The zero-order valence-electron chi connectivity index (χ0n) is 66.6. The van der Waals surface area contributed by atoms with Crippen molar-refractivity contribution in [1.29, 1.82) is 26.3 Å². The van der Waals surface area contributed by atoms with E-state index in [0.29, 0.717) is 62.5 Å². The molecule has 15 aromatic rings. The molecule has 17 heteroatoms. The molecular formula is C106H78BrF3N8O5. The second kappa shape index (κ2) is 35.6. The minimum atomic E-state index is -0.825. The maximum Gasteiger partial charge on any atom is 0.205 e. The van der Waals surface area contributed by atoms with Crippen molar-refractivity contribution in [3.05, 3.63) is 438 Å². The third kappa shape index (κ3) is 15.8. The second-order valence-corrected chi connectivity index (χ2v) is 30.9. The van der Waals surface area contributed by atoms with Gasteiger partial charge in [0.15, 0.2) is 0 Å². The Kier molecular flexibility index (Phi) is 23.9. The van der Waals surface area contributed by atoms with Crippen molar-refractivity contribution in [3.8, 4) is 59.1 Å². The molecule has 123 heavy (non-hydrogen) atoms. The quantitative estimate of drug-likeness (QED) is 0.158. The number of rotatable bonds is 6. The molecule has 13 nitrogen and oxygen atoms in total. The highest BCUT2D eigenvalue weighted by atomic mass is 79.9. The average molecular weight is 1680 g/mol. The number of nitrogens with zero attached hydrogens (tertiary/aromatic N) is 6. The highest BCUT2D eigenvalue weighted by molar-refractivity contribution is 9.10. The van der Waals surface area contributed by atoms with Crippen molar-refractivity contribution in [1.82, 2.24) is 4.98 Å². The number of allylic oxidation sites excluding steroid dienone is 8. The van der Waals surface area contributed by atoms with Crippen molar-refractivity contribution in [2.24, 2.45) is 11.5 Å². The van der Waals surface area contributed by atoms with E-state index >= 15 is 0 Å². The Balaban J connectivity index is 0.000000119. The summed E-state index contributed by atoms with van der Waals surface area (Å²) in [7, 11) is 0. The Morgan fingerprint density at radius 2 is 0.634 bits per heavy atom. The molecule has 20 rings (SSSR count). The highest BCUT2D eigenvalue weighted by Crippen LogP contribution is 2.53. The zero-order chi connectivity index (χ0) is 85.0. The molecule has 6 heterocycles. The average Bonchev–Trinajstić information content (AvgIpc) is 0.775. The Morgan fingerprint density at radius 3 is 1.01 bits per heavy atom. The molecular weight excluding hydrogens is 1600 g/mol. The number of fused-ring (bicyclic) bond motifs is 15. The van der Waals surface area contributed by atoms with Gasteiger partial charge in [-0.05, 0) is 118 Å². The molecule has 5 aliphatic rings. The molecule has 0 saturated heterocycles. The van der Waals surface area contributed by atoms with Crippen LogP contribution in [-0.4, -0.2) is 4.98 Å². The number of hydrogen-bond acceptors (Lipinski definition) is 13. The summed E-state index contributed by atoms with van der Waals surface area (Å²) in [5.41, 5.74) is 23.7. The molecule has 0 aliphatic carbocycles. The van der Waals surface area contributed by atoms with Crippen molar-refractivity contribution in [3.63, 3.8) is 0 Å². The molecule has 0 amide bonds. The van der Waals surface area contributed by atoms with E-state index < -0.39 is 23.5 Å². The molecule has 14 aromatic carbocycles. The summed E-state index contributed by atoms with van der Waals surface area (Å²) in [6.45, 7) is 9.99. The van der Waals surface area contributed by atoms with E-state index in [1.807, 2.05) is 160 Å². The number of aromatic nitrogens is 1. The molecule has 0 bridgehead atoms. The van der Waals surface area contributed by atoms with Crippen LogP contribution in [0.4, 0.5) is 13.2 Å². The van der Waals surface area contributed by atoms with Crippen LogP contribution < -0.4 is 35.2 Å². The Labute approximate surface area is 719 Å². The first kappa shape index (κ1) is 82.6. The van der Waals surface area contributed by atoms with Crippen LogP contribution in [0.3, 0.4) is 0 Å². The van der Waals surface area contributed by atoms with E-state index in [9.17, 15) is 39.5 Å². The van der Waals surface area contributed by atoms with Crippen LogP contribution in [0.5, 0.6) is 28.7 Å². The van der Waals surface area contributed by atoms with E-state index in [0.717, 1.165) is 133 Å². The lowest BCUT2D eigenvalue weighted by atomic mass is 9.81. The number of ether oxygens (including phenoxy) is 5. The van der Waals surface area contributed by atoms with Gasteiger partial charge in [0.05, 0.1) is 64.5 Å². The molecule has 0 spiro atoms. The third-order valence-corrected chi connectivity index (χ3v) is 23.4. The van der Waals surface area contributed by atoms with Gasteiger partial charge in [-0.2, -0.15) is 26.3 Å². The summed E-state index contributed by atoms with van der Waals surface area (Å²) in [4.78, 5) is 4.09. The first-order valence-electron chi connectivity index (χ1n) is 39.4. The zero-order valence-corrected chi connectivity index (χ0v) is 68.2. The van der Waals surface area contributed by atoms with Gasteiger partial charge in [-0.1, -0.05) is 280 Å². The number of benzene rings is 14. The van der Waals surface area contributed by atoms with Crippen LogP contribution in [0, 0.1) is 74.1 Å². The van der Waals surface area contributed by atoms with E-state index in [-0.39, 0.29) is 59.5 Å². The molecule has 4 N–H and O–H groups in total. The lowest BCUT2D eigenvalue weighted by Crippen LogP contribution is -2.22. The number of nitriles is 5. The van der Waals surface area contributed by atoms with Gasteiger partial charge in [0.1, 0.15) is 86.8 Å².